The fourth-order valence-corrected chi connectivity index (χ4v) is 3.84. The highest BCUT2D eigenvalue weighted by atomic mass is 19.3. The van der Waals surface area contributed by atoms with Gasteiger partial charge in [0.15, 0.2) is 34.9 Å². The van der Waals surface area contributed by atoms with Crippen LogP contribution in [-0.2, 0) is 12.2 Å². The van der Waals surface area contributed by atoms with Gasteiger partial charge >= 0.3 is 12.2 Å². The van der Waals surface area contributed by atoms with E-state index in [-0.39, 0.29) is 33.9 Å². The van der Waals surface area contributed by atoms with E-state index in [0.29, 0.717) is 12.1 Å². The molecule has 4 nitrogen and oxygen atoms in total. The topological polar surface area (TPSA) is 44.2 Å². The van der Waals surface area contributed by atoms with E-state index in [2.05, 4.69) is 19.4 Å². The summed E-state index contributed by atoms with van der Waals surface area (Å²) in [6.07, 6.45) is -7.07. The van der Waals surface area contributed by atoms with Gasteiger partial charge in [0.1, 0.15) is 33.7 Å². The van der Waals surface area contributed by atoms with Gasteiger partial charge in [-0.3, -0.25) is 9.97 Å². The molecule has 0 spiro atoms. The molecular formula is C26H10F10N2O2. The normalized spacial score (nSPS) is 12.2. The largest absolute Gasteiger partial charge is 0.429 e. The van der Waals surface area contributed by atoms with Crippen LogP contribution in [0.4, 0.5) is 43.9 Å². The lowest BCUT2D eigenvalue weighted by atomic mass is 10.1. The number of hydrogen-bond donors (Lipinski definition) is 0. The Bertz CT molecular complexity index is 1670. The molecule has 2 aromatic heterocycles. The van der Waals surface area contributed by atoms with Crippen LogP contribution in [0, 0.1) is 34.9 Å². The molecule has 0 saturated heterocycles. The van der Waals surface area contributed by atoms with Gasteiger partial charge in [-0.05, 0) is 48.5 Å². The van der Waals surface area contributed by atoms with E-state index < -0.39 is 69.7 Å². The van der Waals surface area contributed by atoms with Crippen molar-refractivity contribution in [1.29, 1.82) is 0 Å². The third kappa shape index (κ3) is 4.48. The predicted molar refractivity (Wildman–Crippen MR) is 119 cm³/mol. The molecule has 5 aromatic rings. The predicted octanol–water partition coefficient (Wildman–Crippen LogP) is 7.87. The monoisotopic (exact) mass is 572 g/mol. The zero-order valence-corrected chi connectivity index (χ0v) is 19.3. The molecule has 0 aliphatic rings. The minimum atomic E-state index is -4.50. The summed E-state index contributed by atoms with van der Waals surface area (Å²) in [6.45, 7) is 0. The van der Waals surface area contributed by atoms with Gasteiger partial charge in [0.25, 0.3) is 0 Å². The van der Waals surface area contributed by atoms with Crippen LogP contribution in [0.15, 0.2) is 60.9 Å². The summed E-state index contributed by atoms with van der Waals surface area (Å²) in [5, 5.41) is -0.360. The highest BCUT2D eigenvalue weighted by molar-refractivity contribution is 6.06. The molecule has 0 saturated carbocycles. The Kier molecular flexibility index (Phi) is 6.43. The van der Waals surface area contributed by atoms with E-state index in [1.54, 1.807) is 0 Å². The number of ether oxygens (including phenoxy) is 2. The van der Waals surface area contributed by atoms with Crippen LogP contribution in [0.1, 0.15) is 11.1 Å². The molecule has 2 heterocycles. The zero-order valence-electron chi connectivity index (χ0n) is 19.3. The molecule has 0 fully saturated rings. The second-order valence-corrected chi connectivity index (χ2v) is 8.16. The van der Waals surface area contributed by atoms with E-state index in [0.717, 1.165) is 36.7 Å². The number of benzene rings is 3. The van der Waals surface area contributed by atoms with Gasteiger partial charge in [0, 0.05) is 23.2 Å². The first-order valence-corrected chi connectivity index (χ1v) is 10.9. The zero-order chi connectivity index (χ0) is 29.0. The van der Waals surface area contributed by atoms with Crippen molar-refractivity contribution in [1.82, 2.24) is 9.97 Å². The summed E-state index contributed by atoms with van der Waals surface area (Å²) >= 11 is 0. The quantitative estimate of drug-likeness (QED) is 0.118. The third-order valence-electron chi connectivity index (χ3n) is 5.71. The number of halogens is 10. The number of pyridine rings is 2. The van der Waals surface area contributed by atoms with Crippen LogP contribution in [0.25, 0.3) is 21.8 Å². The fraction of sp³-hybridized carbons (Fsp3) is 0.0769. The summed E-state index contributed by atoms with van der Waals surface area (Å²) < 4.78 is 150. The van der Waals surface area contributed by atoms with E-state index in [1.807, 2.05) is 0 Å². The van der Waals surface area contributed by atoms with E-state index in [1.165, 1.54) is 0 Å². The summed E-state index contributed by atoms with van der Waals surface area (Å²) in [7, 11) is 0. The Morgan fingerprint density at radius 1 is 0.475 bits per heavy atom. The minimum absolute atomic E-state index is 0.180. The molecule has 40 heavy (non-hydrogen) atoms. The van der Waals surface area contributed by atoms with Gasteiger partial charge in [0.05, 0.1) is 0 Å². The number of hydrogen-bond acceptors (Lipinski definition) is 4. The Balaban J connectivity index is 1.56. The van der Waals surface area contributed by atoms with Crippen molar-refractivity contribution in [2.24, 2.45) is 0 Å². The molecule has 0 aliphatic carbocycles. The lowest BCUT2D eigenvalue weighted by molar-refractivity contribution is -0.187. The van der Waals surface area contributed by atoms with Crippen molar-refractivity contribution < 1.29 is 53.4 Å². The highest BCUT2D eigenvalue weighted by Gasteiger charge is 2.41. The highest BCUT2D eigenvalue weighted by Crippen LogP contribution is 2.41. The van der Waals surface area contributed by atoms with E-state index in [9.17, 15) is 43.9 Å². The summed E-state index contributed by atoms with van der Waals surface area (Å²) in [5.74, 6) is -13.2. The lowest BCUT2D eigenvalue weighted by Gasteiger charge is -2.21. The summed E-state index contributed by atoms with van der Waals surface area (Å²) in [5.41, 5.74) is -3.58. The molecule has 0 amide bonds. The summed E-state index contributed by atoms with van der Waals surface area (Å²) in [6, 6.07) is 5.24. The number of fused-ring (bicyclic) bond motifs is 3. The molecule has 0 bridgehead atoms. The third-order valence-corrected chi connectivity index (χ3v) is 5.71. The molecular weight excluding hydrogens is 562 g/mol. The second-order valence-electron chi connectivity index (χ2n) is 8.16. The summed E-state index contributed by atoms with van der Waals surface area (Å²) in [4.78, 5) is 7.96. The minimum Gasteiger partial charge on any atom is -0.428 e. The Hall–Kier alpha value is -4.62. The average Bonchev–Trinajstić information content (AvgIpc) is 2.90. The first kappa shape index (κ1) is 27.0. The molecule has 0 unspecified atom stereocenters. The maximum atomic E-state index is 14.8. The fourth-order valence-electron chi connectivity index (χ4n) is 3.84. The molecule has 3 aromatic carbocycles. The van der Waals surface area contributed by atoms with E-state index in [4.69, 9.17) is 0 Å². The Morgan fingerprint density at radius 3 is 1.23 bits per heavy atom. The maximum absolute atomic E-state index is 14.8. The van der Waals surface area contributed by atoms with Gasteiger partial charge in [-0.2, -0.15) is 17.6 Å². The van der Waals surface area contributed by atoms with Crippen LogP contribution >= 0.6 is 0 Å². The van der Waals surface area contributed by atoms with Crippen LogP contribution in [0.2, 0.25) is 0 Å². The van der Waals surface area contributed by atoms with Crippen molar-refractivity contribution >= 4 is 21.8 Å². The van der Waals surface area contributed by atoms with Crippen molar-refractivity contribution in [3.05, 3.63) is 107 Å². The number of rotatable bonds is 6. The smallest absolute Gasteiger partial charge is 0.428 e. The maximum Gasteiger partial charge on any atom is 0.429 e. The second kappa shape index (κ2) is 9.54. The van der Waals surface area contributed by atoms with Crippen LogP contribution in [0.3, 0.4) is 0 Å². The molecule has 5 rings (SSSR count). The number of aromatic nitrogens is 2. The standard InChI is InChI=1S/C26H10F10N2O2/c27-15-5-3-13(19(29)21(15)31)25(33,34)39-17-7-9-37-23-11(17)1-2-12-18(8-10-38-24(12)23)40-26(35,36)14-4-6-16(28)22(32)20(14)30/h1-10H. The van der Waals surface area contributed by atoms with Gasteiger partial charge in [-0.25, -0.2) is 26.3 Å². The Morgan fingerprint density at radius 2 is 0.850 bits per heavy atom. The average molecular weight is 572 g/mol. The molecule has 0 radical (unpaired) electrons. The molecule has 14 heteroatoms. The molecule has 0 atom stereocenters. The van der Waals surface area contributed by atoms with E-state index >= 15 is 0 Å². The number of nitrogens with zero attached hydrogens (tertiary/aromatic N) is 2. The van der Waals surface area contributed by atoms with Gasteiger partial charge in [0.2, 0.25) is 0 Å². The number of alkyl halides is 4. The van der Waals surface area contributed by atoms with Crippen molar-refractivity contribution in [2.45, 2.75) is 12.2 Å². The van der Waals surface area contributed by atoms with Crippen molar-refractivity contribution in [3.63, 3.8) is 0 Å². The SMILES string of the molecule is Fc1ccc(C(F)(F)Oc2ccnc3c2ccc2c(OC(F)(F)c4ccc(F)c(F)c4F)ccnc23)c(F)c1F. The first-order valence-electron chi connectivity index (χ1n) is 10.9. The molecule has 206 valence electrons. The lowest BCUT2D eigenvalue weighted by Crippen LogP contribution is -2.24. The van der Waals surface area contributed by atoms with Gasteiger partial charge < -0.3 is 9.47 Å². The van der Waals surface area contributed by atoms with Gasteiger partial charge in [-0.15, -0.1) is 0 Å². The molecule has 0 N–H and O–H groups in total. The van der Waals surface area contributed by atoms with Crippen LogP contribution < -0.4 is 9.47 Å². The van der Waals surface area contributed by atoms with Crippen molar-refractivity contribution in [3.8, 4) is 11.5 Å². The van der Waals surface area contributed by atoms with Gasteiger partial charge in [-0.1, -0.05) is 0 Å². The van der Waals surface area contributed by atoms with Crippen LogP contribution in [-0.4, -0.2) is 9.97 Å². The first-order chi connectivity index (χ1) is 18.8. The Labute approximate surface area is 216 Å². The van der Waals surface area contributed by atoms with Crippen molar-refractivity contribution in [2.75, 3.05) is 0 Å². The molecule has 0 aliphatic heterocycles. The van der Waals surface area contributed by atoms with Crippen LogP contribution in [0.5, 0.6) is 11.5 Å².